The molecule has 3 aliphatic heterocycles. The van der Waals surface area contributed by atoms with Crippen LogP contribution in [0.1, 0.15) is 30.4 Å². The van der Waals surface area contributed by atoms with E-state index in [2.05, 4.69) is 39.4 Å². The molecule has 136 valence electrons. The summed E-state index contributed by atoms with van der Waals surface area (Å²) in [4.78, 5) is 17.2. The van der Waals surface area contributed by atoms with Gasteiger partial charge in [0.15, 0.2) is 0 Å². The Balaban J connectivity index is 1.26. The monoisotopic (exact) mass is 343 g/mol. The summed E-state index contributed by atoms with van der Waals surface area (Å²) in [5.74, 6) is 0.283. The number of ether oxygens (including phenoxy) is 1. The minimum atomic E-state index is 0.192. The van der Waals surface area contributed by atoms with Crippen molar-refractivity contribution in [1.82, 2.24) is 15.1 Å². The topological polar surface area (TPSA) is 44.8 Å². The maximum Gasteiger partial charge on any atom is 0.224 e. The van der Waals surface area contributed by atoms with E-state index in [0.717, 1.165) is 58.6 Å². The lowest BCUT2D eigenvalue weighted by Gasteiger charge is -2.41. The predicted molar refractivity (Wildman–Crippen MR) is 97.4 cm³/mol. The fourth-order valence-corrected chi connectivity index (χ4v) is 4.40. The van der Waals surface area contributed by atoms with E-state index in [1.807, 2.05) is 0 Å². The normalized spacial score (nSPS) is 25.6. The average molecular weight is 343 g/mol. The summed E-state index contributed by atoms with van der Waals surface area (Å²) in [6.45, 7) is 6.29. The smallest absolute Gasteiger partial charge is 0.224 e. The van der Waals surface area contributed by atoms with Crippen LogP contribution in [0.5, 0.6) is 0 Å². The molecular formula is C20H29N3O2. The number of hydrogen-bond donors (Lipinski definition) is 1. The summed E-state index contributed by atoms with van der Waals surface area (Å²) >= 11 is 0. The Bertz CT molecular complexity index is 592. The molecule has 3 heterocycles. The summed E-state index contributed by atoms with van der Waals surface area (Å²) < 4.78 is 5.46. The first-order valence-corrected chi connectivity index (χ1v) is 9.69. The Morgan fingerprint density at radius 1 is 1.16 bits per heavy atom. The molecule has 5 nitrogen and oxygen atoms in total. The van der Waals surface area contributed by atoms with E-state index < -0.39 is 0 Å². The minimum Gasteiger partial charge on any atom is -0.378 e. The number of likely N-dealkylation sites (tertiary alicyclic amines) is 1. The van der Waals surface area contributed by atoms with Crippen LogP contribution >= 0.6 is 0 Å². The highest BCUT2D eigenvalue weighted by atomic mass is 16.5. The van der Waals surface area contributed by atoms with Gasteiger partial charge in [0.2, 0.25) is 5.91 Å². The summed E-state index contributed by atoms with van der Waals surface area (Å²) in [5.41, 5.74) is 2.99. The molecule has 5 heteroatoms. The van der Waals surface area contributed by atoms with Crippen molar-refractivity contribution in [2.75, 3.05) is 39.4 Å². The zero-order valence-corrected chi connectivity index (χ0v) is 15.0. The van der Waals surface area contributed by atoms with Crippen LogP contribution in [0.25, 0.3) is 0 Å². The van der Waals surface area contributed by atoms with Crippen LogP contribution in [-0.4, -0.2) is 67.2 Å². The molecule has 0 aromatic heterocycles. The summed E-state index contributed by atoms with van der Waals surface area (Å²) in [5, 5.41) is 3.38. The molecule has 0 saturated carbocycles. The average Bonchev–Trinajstić information content (AvgIpc) is 2.68. The van der Waals surface area contributed by atoms with Crippen molar-refractivity contribution in [3.05, 3.63) is 35.4 Å². The summed E-state index contributed by atoms with van der Waals surface area (Å²) in [7, 11) is 0. The largest absolute Gasteiger partial charge is 0.378 e. The van der Waals surface area contributed by atoms with Gasteiger partial charge in [-0.3, -0.25) is 9.69 Å². The quantitative estimate of drug-likeness (QED) is 0.901. The van der Waals surface area contributed by atoms with E-state index >= 15 is 0 Å². The molecule has 0 aliphatic carbocycles. The van der Waals surface area contributed by atoms with Gasteiger partial charge in [-0.15, -0.1) is 0 Å². The molecule has 3 aliphatic rings. The first-order chi connectivity index (χ1) is 12.3. The van der Waals surface area contributed by atoms with E-state index in [-0.39, 0.29) is 11.9 Å². The first-order valence-electron chi connectivity index (χ1n) is 9.69. The number of fused-ring (bicyclic) bond motifs is 1. The second-order valence-corrected chi connectivity index (χ2v) is 7.53. The van der Waals surface area contributed by atoms with Gasteiger partial charge < -0.3 is 15.0 Å². The van der Waals surface area contributed by atoms with Crippen molar-refractivity contribution in [3.63, 3.8) is 0 Å². The van der Waals surface area contributed by atoms with Crippen LogP contribution in [0.3, 0.4) is 0 Å². The van der Waals surface area contributed by atoms with Crippen LogP contribution in [0.15, 0.2) is 24.3 Å². The first kappa shape index (κ1) is 17.0. The molecule has 0 unspecified atom stereocenters. The molecule has 0 spiro atoms. The van der Waals surface area contributed by atoms with Crippen molar-refractivity contribution in [1.29, 1.82) is 0 Å². The van der Waals surface area contributed by atoms with Crippen molar-refractivity contribution in [2.45, 2.75) is 44.3 Å². The maximum absolute atomic E-state index is 12.5. The number of carbonyl (C=O) groups excluding carboxylic acids is 1. The molecular weight excluding hydrogens is 314 g/mol. The third-order valence-corrected chi connectivity index (χ3v) is 5.91. The number of benzene rings is 1. The van der Waals surface area contributed by atoms with Gasteiger partial charge in [-0.1, -0.05) is 24.3 Å². The number of nitrogens with one attached hydrogen (secondary N) is 1. The molecule has 1 N–H and O–H groups in total. The van der Waals surface area contributed by atoms with Crippen LogP contribution in [0, 0.1) is 0 Å². The lowest BCUT2D eigenvalue weighted by Crippen LogP contribution is -2.50. The fraction of sp³-hybridized carbons (Fsp3) is 0.650. The van der Waals surface area contributed by atoms with Gasteiger partial charge >= 0.3 is 0 Å². The van der Waals surface area contributed by atoms with Gasteiger partial charge in [0.1, 0.15) is 0 Å². The maximum atomic E-state index is 12.5. The van der Waals surface area contributed by atoms with Crippen molar-refractivity contribution < 1.29 is 9.53 Å². The van der Waals surface area contributed by atoms with Gasteiger partial charge in [-0.2, -0.15) is 0 Å². The molecule has 1 amide bonds. The number of piperidine rings is 1. The van der Waals surface area contributed by atoms with E-state index in [4.69, 9.17) is 4.74 Å². The van der Waals surface area contributed by atoms with Gasteiger partial charge in [0, 0.05) is 51.2 Å². The lowest BCUT2D eigenvalue weighted by molar-refractivity contribution is -0.134. The van der Waals surface area contributed by atoms with Gasteiger partial charge in [0.25, 0.3) is 0 Å². The van der Waals surface area contributed by atoms with Crippen LogP contribution < -0.4 is 5.32 Å². The predicted octanol–water partition coefficient (Wildman–Crippen LogP) is 1.41. The van der Waals surface area contributed by atoms with Gasteiger partial charge in [-0.25, -0.2) is 0 Å². The van der Waals surface area contributed by atoms with Crippen LogP contribution in [0.4, 0.5) is 0 Å². The standard InChI is InChI=1S/C20H29N3O2/c24-20(13-18-15-25-12-8-21-18)22-10-6-19(7-11-22)23-9-5-16-3-1-2-4-17(16)14-23/h1-4,18-19,21H,5-15H2/t18-/m0/s1. The Kier molecular flexibility index (Phi) is 5.34. The fourth-order valence-electron chi connectivity index (χ4n) is 4.40. The highest BCUT2D eigenvalue weighted by Crippen LogP contribution is 2.25. The Morgan fingerprint density at radius 3 is 2.72 bits per heavy atom. The number of amides is 1. The zero-order chi connectivity index (χ0) is 17.1. The summed E-state index contributed by atoms with van der Waals surface area (Å²) in [6.07, 6.45) is 3.93. The van der Waals surface area contributed by atoms with Gasteiger partial charge in [-0.05, 0) is 30.4 Å². The molecule has 0 radical (unpaired) electrons. The summed E-state index contributed by atoms with van der Waals surface area (Å²) in [6, 6.07) is 9.62. The molecule has 2 fully saturated rings. The number of nitrogens with zero attached hydrogens (tertiary/aromatic N) is 2. The molecule has 25 heavy (non-hydrogen) atoms. The van der Waals surface area contributed by atoms with Crippen LogP contribution in [0.2, 0.25) is 0 Å². The van der Waals surface area contributed by atoms with Gasteiger partial charge in [0.05, 0.1) is 13.2 Å². The molecule has 4 rings (SSSR count). The third-order valence-electron chi connectivity index (χ3n) is 5.91. The lowest BCUT2D eigenvalue weighted by atomic mass is 9.95. The molecule has 2 saturated heterocycles. The second kappa shape index (κ2) is 7.85. The minimum absolute atomic E-state index is 0.192. The Labute approximate surface area is 150 Å². The molecule has 0 bridgehead atoms. The SMILES string of the molecule is O=C(C[C@H]1COCCN1)N1CCC(N2CCc3ccccc3C2)CC1. The number of hydrogen-bond acceptors (Lipinski definition) is 4. The molecule has 1 aromatic carbocycles. The van der Waals surface area contributed by atoms with E-state index in [1.54, 1.807) is 0 Å². The molecule has 1 atom stereocenters. The number of carbonyl (C=O) groups is 1. The van der Waals surface area contributed by atoms with E-state index in [0.29, 0.717) is 19.1 Å². The van der Waals surface area contributed by atoms with Crippen molar-refractivity contribution >= 4 is 5.91 Å². The van der Waals surface area contributed by atoms with Crippen LogP contribution in [-0.2, 0) is 22.5 Å². The molecule has 1 aromatic rings. The Hall–Kier alpha value is -1.43. The highest BCUT2D eigenvalue weighted by Gasteiger charge is 2.29. The van der Waals surface area contributed by atoms with Crippen molar-refractivity contribution in [3.8, 4) is 0 Å². The zero-order valence-electron chi connectivity index (χ0n) is 15.0. The van der Waals surface area contributed by atoms with Crippen molar-refractivity contribution in [2.24, 2.45) is 0 Å². The highest BCUT2D eigenvalue weighted by molar-refractivity contribution is 5.77. The second-order valence-electron chi connectivity index (χ2n) is 7.53. The number of morpholine rings is 1. The van der Waals surface area contributed by atoms with E-state index in [1.165, 1.54) is 11.1 Å². The van der Waals surface area contributed by atoms with E-state index in [9.17, 15) is 4.79 Å². The number of rotatable bonds is 3. The Morgan fingerprint density at radius 2 is 1.96 bits per heavy atom. The third kappa shape index (κ3) is 4.05.